The van der Waals surface area contributed by atoms with Gasteiger partial charge in [-0.25, -0.2) is 0 Å². The molecule has 3 heteroatoms. The molecule has 19 heavy (non-hydrogen) atoms. The number of hydrogen-bond acceptors (Lipinski definition) is 2. The number of aryl methyl sites for hydroxylation is 1. The largest absolute Gasteiger partial charge is 0.484 e. The van der Waals surface area contributed by atoms with Crippen molar-refractivity contribution in [3.8, 4) is 5.75 Å². The Morgan fingerprint density at radius 3 is 2.58 bits per heavy atom. The van der Waals surface area contributed by atoms with E-state index < -0.39 is 0 Å². The van der Waals surface area contributed by atoms with E-state index in [1.165, 1.54) is 5.56 Å². The highest BCUT2D eigenvalue weighted by Crippen LogP contribution is 2.27. The molecule has 2 rings (SSSR count). The zero-order valence-corrected chi connectivity index (χ0v) is 12.8. The van der Waals surface area contributed by atoms with Gasteiger partial charge < -0.3 is 10.1 Å². The Labute approximate surface area is 122 Å². The third-order valence-electron chi connectivity index (χ3n) is 2.98. The Morgan fingerprint density at radius 2 is 1.89 bits per heavy atom. The van der Waals surface area contributed by atoms with E-state index >= 15 is 0 Å². The lowest BCUT2D eigenvalue weighted by atomic mass is 10.1. The SMILES string of the molecule is CNCC(Oc1cc(Br)ccc1C)c1ccccc1. The number of hydrogen-bond donors (Lipinski definition) is 1. The van der Waals surface area contributed by atoms with Crippen LogP contribution < -0.4 is 10.1 Å². The highest BCUT2D eigenvalue weighted by Gasteiger charge is 2.13. The predicted molar refractivity (Wildman–Crippen MR) is 82.6 cm³/mol. The van der Waals surface area contributed by atoms with E-state index in [9.17, 15) is 0 Å². The van der Waals surface area contributed by atoms with Crippen molar-refractivity contribution in [3.63, 3.8) is 0 Å². The number of halogens is 1. The maximum Gasteiger partial charge on any atom is 0.136 e. The number of likely N-dealkylation sites (N-methyl/N-ethyl adjacent to an activating group) is 1. The molecule has 0 aliphatic rings. The molecule has 0 radical (unpaired) electrons. The maximum atomic E-state index is 6.16. The average Bonchev–Trinajstić information content (AvgIpc) is 2.43. The lowest BCUT2D eigenvalue weighted by Crippen LogP contribution is -2.22. The summed E-state index contributed by atoms with van der Waals surface area (Å²) in [6.45, 7) is 2.83. The topological polar surface area (TPSA) is 21.3 Å². The third-order valence-corrected chi connectivity index (χ3v) is 3.47. The summed E-state index contributed by atoms with van der Waals surface area (Å²) in [4.78, 5) is 0. The van der Waals surface area contributed by atoms with E-state index in [0.717, 1.165) is 22.3 Å². The minimum atomic E-state index is 0.0131. The van der Waals surface area contributed by atoms with Gasteiger partial charge in [0.1, 0.15) is 11.9 Å². The molecule has 0 amide bonds. The predicted octanol–water partition coefficient (Wildman–Crippen LogP) is 4.10. The van der Waals surface area contributed by atoms with Gasteiger partial charge in [-0.1, -0.05) is 52.3 Å². The summed E-state index contributed by atoms with van der Waals surface area (Å²) in [6.07, 6.45) is 0.0131. The number of rotatable bonds is 5. The van der Waals surface area contributed by atoms with E-state index in [1.807, 2.05) is 37.4 Å². The highest BCUT2D eigenvalue weighted by molar-refractivity contribution is 9.10. The lowest BCUT2D eigenvalue weighted by Gasteiger charge is -2.20. The van der Waals surface area contributed by atoms with Crippen LogP contribution in [0, 0.1) is 6.92 Å². The van der Waals surface area contributed by atoms with Crippen molar-refractivity contribution >= 4 is 15.9 Å². The highest BCUT2D eigenvalue weighted by atomic mass is 79.9. The minimum Gasteiger partial charge on any atom is -0.484 e. The quantitative estimate of drug-likeness (QED) is 0.896. The number of benzene rings is 2. The Bertz CT molecular complexity index is 528. The van der Waals surface area contributed by atoms with Crippen molar-refractivity contribution in [2.75, 3.05) is 13.6 Å². The van der Waals surface area contributed by atoms with Crippen LogP contribution in [0.15, 0.2) is 53.0 Å². The average molecular weight is 320 g/mol. The van der Waals surface area contributed by atoms with Crippen molar-refractivity contribution in [2.24, 2.45) is 0 Å². The second-order valence-corrected chi connectivity index (χ2v) is 5.40. The summed E-state index contributed by atoms with van der Waals surface area (Å²) in [7, 11) is 1.94. The Balaban J connectivity index is 2.24. The summed E-state index contributed by atoms with van der Waals surface area (Å²) in [5.41, 5.74) is 2.32. The molecule has 2 aromatic rings. The minimum absolute atomic E-state index is 0.0131. The van der Waals surface area contributed by atoms with Crippen LogP contribution >= 0.6 is 15.9 Å². The van der Waals surface area contributed by atoms with Gasteiger partial charge in [-0.2, -0.15) is 0 Å². The molecule has 1 atom stereocenters. The second kappa shape index (κ2) is 6.73. The van der Waals surface area contributed by atoms with Crippen molar-refractivity contribution < 1.29 is 4.74 Å². The summed E-state index contributed by atoms with van der Waals surface area (Å²) in [5, 5.41) is 3.18. The molecule has 100 valence electrons. The van der Waals surface area contributed by atoms with Gasteiger partial charge in [-0.05, 0) is 37.2 Å². The molecule has 0 heterocycles. The molecule has 0 saturated carbocycles. The van der Waals surface area contributed by atoms with Crippen LogP contribution in [0.1, 0.15) is 17.2 Å². The maximum absolute atomic E-state index is 6.16. The van der Waals surface area contributed by atoms with Crippen molar-refractivity contribution in [2.45, 2.75) is 13.0 Å². The van der Waals surface area contributed by atoms with E-state index in [4.69, 9.17) is 4.74 Å². The summed E-state index contributed by atoms with van der Waals surface area (Å²) in [5.74, 6) is 0.915. The summed E-state index contributed by atoms with van der Waals surface area (Å²) in [6, 6.07) is 16.4. The van der Waals surface area contributed by atoms with Gasteiger partial charge >= 0.3 is 0 Å². The molecule has 1 unspecified atom stereocenters. The smallest absolute Gasteiger partial charge is 0.136 e. The number of ether oxygens (including phenoxy) is 1. The fraction of sp³-hybridized carbons (Fsp3) is 0.250. The van der Waals surface area contributed by atoms with Gasteiger partial charge in [-0.15, -0.1) is 0 Å². The van der Waals surface area contributed by atoms with Gasteiger partial charge in [0.05, 0.1) is 0 Å². The molecular weight excluding hydrogens is 302 g/mol. The van der Waals surface area contributed by atoms with Gasteiger partial charge in [0.25, 0.3) is 0 Å². The lowest BCUT2D eigenvalue weighted by molar-refractivity contribution is 0.203. The monoisotopic (exact) mass is 319 g/mol. The van der Waals surface area contributed by atoms with Crippen LogP contribution in [-0.2, 0) is 0 Å². The standard InChI is InChI=1S/C16H18BrNO/c1-12-8-9-14(17)10-15(12)19-16(11-18-2)13-6-4-3-5-7-13/h3-10,16,18H,11H2,1-2H3. The fourth-order valence-corrected chi connectivity index (χ4v) is 2.27. The fourth-order valence-electron chi connectivity index (χ4n) is 1.93. The van der Waals surface area contributed by atoms with E-state index in [1.54, 1.807) is 0 Å². The van der Waals surface area contributed by atoms with Crippen molar-refractivity contribution in [1.82, 2.24) is 5.32 Å². The van der Waals surface area contributed by atoms with Gasteiger partial charge in [0, 0.05) is 11.0 Å². The van der Waals surface area contributed by atoms with Crippen LogP contribution in [0.5, 0.6) is 5.75 Å². The first-order valence-corrected chi connectivity index (χ1v) is 7.12. The molecule has 0 aliphatic heterocycles. The molecule has 0 bridgehead atoms. The van der Waals surface area contributed by atoms with E-state index in [-0.39, 0.29) is 6.10 Å². The Kier molecular flexibility index (Phi) is 5.00. The molecular formula is C16H18BrNO. The molecule has 2 aromatic carbocycles. The van der Waals surface area contributed by atoms with Crippen LogP contribution in [0.3, 0.4) is 0 Å². The molecule has 2 nitrogen and oxygen atoms in total. The van der Waals surface area contributed by atoms with Crippen LogP contribution in [0.25, 0.3) is 0 Å². The Morgan fingerprint density at radius 1 is 1.16 bits per heavy atom. The molecule has 0 aromatic heterocycles. The zero-order valence-electron chi connectivity index (χ0n) is 11.2. The van der Waals surface area contributed by atoms with Crippen molar-refractivity contribution in [3.05, 3.63) is 64.1 Å². The van der Waals surface area contributed by atoms with Crippen LogP contribution in [0.4, 0.5) is 0 Å². The molecule has 1 N–H and O–H groups in total. The summed E-state index contributed by atoms with van der Waals surface area (Å²) >= 11 is 3.49. The van der Waals surface area contributed by atoms with Gasteiger partial charge in [-0.3, -0.25) is 0 Å². The van der Waals surface area contributed by atoms with E-state index in [0.29, 0.717) is 0 Å². The Hall–Kier alpha value is -1.32. The third kappa shape index (κ3) is 3.82. The van der Waals surface area contributed by atoms with Crippen LogP contribution in [-0.4, -0.2) is 13.6 Å². The normalized spacial score (nSPS) is 12.2. The second-order valence-electron chi connectivity index (χ2n) is 4.48. The summed E-state index contributed by atoms with van der Waals surface area (Å²) < 4.78 is 7.19. The molecule has 0 aliphatic carbocycles. The van der Waals surface area contributed by atoms with E-state index in [2.05, 4.69) is 46.4 Å². The first-order chi connectivity index (χ1) is 9.20. The molecule has 0 spiro atoms. The van der Waals surface area contributed by atoms with Gasteiger partial charge in [0.15, 0.2) is 0 Å². The first kappa shape index (κ1) is 14.1. The van der Waals surface area contributed by atoms with Gasteiger partial charge in [0.2, 0.25) is 0 Å². The molecule has 0 fully saturated rings. The van der Waals surface area contributed by atoms with Crippen LogP contribution in [0.2, 0.25) is 0 Å². The molecule has 0 saturated heterocycles. The van der Waals surface area contributed by atoms with Crippen molar-refractivity contribution in [1.29, 1.82) is 0 Å². The first-order valence-electron chi connectivity index (χ1n) is 6.33. The number of nitrogens with one attached hydrogen (secondary N) is 1. The zero-order chi connectivity index (χ0) is 13.7.